The molecule has 3 N–H and O–H groups in total. The highest BCUT2D eigenvalue weighted by molar-refractivity contribution is 7.80. The third-order valence-electron chi connectivity index (χ3n) is 2.76. The van der Waals surface area contributed by atoms with Gasteiger partial charge >= 0.3 is 0 Å². The summed E-state index contributed by atoms with van der Waals surface area (Å²) in [4.78, 5) is 8.67. The Labute approximate surface area is 111 Å². The molecule has 0 fully saturated rings. The summed E-state index contributed by atoms with van der Waals surface area (Å²) in [7, 11) is 0. The van der Waals surface area contributed by atoms with Crippen molar-refractivity contribution in [1.82, 2.24) is 9.97 Å². The summed E-state index contributed by atoms with van der Waals surface area (Å²) in [5.41, 5.74) is 9.47. The molecule has 0 saturated carbocycles. The normalized spacial score (nSPS) is 10.1. The Balaban J connectivity index is 2.31. The first-order chi connectivity index (χ1) is 8.58. The fourth-order valence-corrected chi connectivity index (χ4v) is 1.68. The number of aryl methyl sites for hydroxylation is 1. The van der Waals surface area contributed by atoms with Crippen molar-refractivity contribution in [3.63, 3.8) is 0 Å². The fraction of sp³-hybridized carbons (Fsp3) is 0.154. The standard InChI is InChI=1S/C13H14N4S/c1-8-4-3-5-10(9(8)2)16-13-15-7-6-11(17-13)12(14)18/h3-7H,1-2H3,(H2,14,18)(H,15,16,17). The van der Waals surface area contributed by atoms with Gasteiger partial charge in [-0.15, -0.1) is 0 Å². The lowest BCUT2D eigenvalue weighted by Crippen LogP contribution is -2.13. The first-order valence-electron chi connectivity index (χ1n) is 5.54. The SMILES string of the molecule is Cc1cccc(Nc2nccc(C(N)=S)n2)c1C. The highest BCUT2D eigenvalue weighted by Gasteiger charge is 2.04. The van der Waals surface area contributed by atoms with E-state index < -0.39 is 0 Å². The first-order valence-corrected chi connectivity index (χ1v) is 5.95. The molecule has 0 radical (unpaired) electrons. The van der Waals surface area contributed by atoms with Crippen LogP contribution in [0.25, 0.3) is 0 Å². The third kappa shape index (κ3) is 2.62. The van der Waals surface area contributed by atoms with Gasteiger partial charge in [0.1, 0.15) is 10.7 Å². The van der Waals surface area contributed by atoms with Crippen LogP contribution in [-0.4, -0.2) is 15.0 Å². The highest BCUT2D eigenvalue weighted by Crippen LogP contribution is 2.20. The molecule has 2 rings (SSSR count). The van der Waals surface area contributed by atoms with E-state index in [4.69, 9.17) is 18.0 Å². The van der Waals surface area contributed by atoms with Crippen LogP contribution < -0.4 is 11.1 Å². The van der Waals surface area contributed by atoms with Crippen molar-refractivity contribution in [2.24, 2.45) is 5.73 Å². The van der Waals surface area contributed by atoms with Crippen LogP contribution in [0.1, 0.15) is 16.8 Å². The third-order valence-corrected chi connectivity index (χ3v) is 2.97. The number of nitrogens with two attached hydrogens (primary N) is 1. The van der Waals surface area contributed by atoms with Gasteiger partial charge in [0, 0.05) is 11.9 Å². The van der Waals surface area contributed by atoms with Crippen molar-refractivity contribution in [1.29, 1.82) is 0 Å². The van der Waals surface area contributed by atoms with Gasteiger partial charge in [-0.05, 0) is 37.1 Å². The van der Waals surface area contributed by atoms with E-state index >= 15 is 0 Å². The zero-order valence-corrected chi connectivity index (χ0v) is 11.1. The molecular formula is C13H14N4S. The largest absolute Gasteiger partial charge is 0.388 e. The molecule has 18 heavy (non-hydrogen) atoms. The average Bonchev–Trinajstić information content (AvgIpc) is 2.35. The van der Waals surface area contributed by atoms with E-state index in [2.05, 4.69) is 35.2 Å². The van der Waals surface area contributed by atoms with Gasteiger partial charge in [0.2, 0.25) is 5.95 Å². The van der Waals surface area contributed by atoms with Crippen molar-refractivity contribution in [2.75, 3.05) is 5.32 Å². The fourth-order valence-electron chi connectivity index (χ4n) is 1.56. The highest BCUT2D eigenvalue weighted by atomic mass is 32.1. The zero-order valence-electron chi connectivity index (χ0n) is 10.3. The Morgan fingerprint density at radius 3 is 2.78 bits per heavy atom. The number of hydrogen-bond acceptors (Lipinski definition) is 4. The van der Waals surface area contributed by atoms with Gasteiger partial charge in [0.05, 0.1) is 0 Å². The maximum Gasteiger partial charge on any atom is 0.227 e. The number of thiocarbonyl (C=S) groups is 1. The predicted molar refractivity (Wildman–Crippen MR) is 77.1 cm³/mol. The van der Waals surface area contributed by atoms with Gasteiger partial charge in [-0.1, -0.05) is 24.4 Å². The van der Waals surface area contributed by atoms with Gasteiger partial charge in [0.15, 0.2) is 0 Å². The van der Waals surface area contributed by atoms with Gasteiger partial charge in [-0.25, -0.2) is 9.97 Å². The van der Waals surface area contributed by atoms with Crippen molar-refractivity contribution in [3.8, 4) is 0 Å². The van der Waals surface area contributed by atoms with Crippen LogP contribution in [0.4, 0.5) is 11.6 Å². The molecular weight excluding hydrogens is 244 g/mol. The van der Waals surface area contributed by atoms with Gasteiger partial charge < -0.3 is 11.1 Å². The second kappa shape index (κ2) is 5.10. The van der Waals surface area contributed by atoms with Crippen LogP contribution in [0.3, 0.4) is 0 Å². The number of anilines is 2. The molecule has 1 aromatic heterocycles. The number of nitrogens with zero attached hydrogens (tertiary/aromatic N) is 2. The van der Waals surface area contributed by atoms with Crippen LogP contribution in [0, 0.1) is 13.8 Å². The Kier molecular flexibility index (Phi) is 3.53. The molecule has 0 aliphatic heterocycles. The van der Waals surface area contributed by atoms with Crippen molar-refractivity contribution in [2.45, 2.75) is 13.8 Å². The summed E-state index contributed by atoms with van der Waals surface area (Å²) in [6.07, 6.45) is 1.63. The molecule has 92 valence electrons. The molecule has 0 saturated heterocycles. The Hall–Kier alpha value is -2.01. The molecule has 1 heterocycles. The summed E-state index contributed by atoms with van der Waals surface area (Å²) >= 11 is 4.89. The molecule has 0 amide bonds. The van der Waals surface area contributed by atoms with Crippen LogP contribution >= 0.6 is 12.2 Å². The smallest absolute Gasteiger partial charge is 0.227 e. The van der Waals surface area contributed by atoms with Crippen LogP contribution in [0.5, 0.6) is 0 Å². The van der Waals surface area contributed by atoms with Crippen molar-refractivity contribution < 1.29 is 0 Å². The molecule has 0 aliphatic carbocycles. The van der Waals surface area contributed by atoms with E-state index in [0.717, 1.165) is 5.69 Å². The molecule has 0 bridgehead atoms. The van der Waals surface area contributed by atoms with Crippen LogP contribution in [0.2, 0.25) is 0 Å². The van der Waals surface area contributed by atoms with E-state index in [0.29, 0.717) is 11.6 Å². The van der Waals surface area contributed by atoms with E-state index in [1.54, 1.807) is 12.3 Å². The lowest BCUT2D eigenvalue weighted by molar-refractivity contribution is 1.14. The minimum absolute atomic E-state index is 0.265. The molecule has 0 unspecified atom stereocenters. The lowest BCUT2D eigenvalue weighted by Gasteiger charge is -2.10. The molecule has 5 heteroatoms. The molecule has 2 aromatic rings. The van der Waals surface area contributed by atoms with E-state index in [-0.39, 0.29) is 4.99 Å². The Morgan fingerprint density at radius 1 is 1.28 bits per heavy atom. The maximum absolute atomic E-state index is 5.54. The Morgan fingerprint density at radius 2 is 2.06 bits per heavy atom. The monoisotopic (exact) mass is 258 g/mol. The Bertz CT molecular complexity index is 595. The molecule has 0 spiro atoms. The summed E-state index contributed by atoms with van der Waals surface area (Å²) < 4.78 is 0. The minimum atomic E-state index is 0.265. The number of aromatic nitrogens is 2. The summed E-state index contributed by atoms with van der Waals surface area (Å²) in [5.74, 6) is 0.494. The molecule has 1 aromatic carbocycles. The quantitative estimate of drug-likeness (QED) is 0.828. The first kappa shape index (κ1) is 12.4. The summed E-state index contributed by atoms with van der Waals surface area (Å²) in [6.45, 7) is 4.11. The summed E-state index contributed by atoms with van der Waals surface area (Å²) in [6, 6.07) is 7.73. The van der Waals surface area contributed by atoms with E-state index in [9.17, 15) is 0 Å². The average molecular weight is 258 g/mol. The maximum atomic E-state index is 5.54. The number of nitrogens with one attached hydrogen (secondary N) is 1. The minimum Gasteiger partial charge on any atom is -0.388 e. The summed E-state index contributed by atoms with van der Waals surface area (Å²) in [5, 5.41) is 3.17. The van der Waals surface area contributed by atoms with Gasteiger partial charge in [-0.3, -0.25) is 0 Å². The molecule has 4 nitrogen and oxygen atoms in total. The zero-order chi connectivity index (χ0) is 13.1. The van der Waals surface area contributed by atoms with Gasteiger partial charge in [-0.2, -0.15) is 0 Å². The number of hydrogen-bond donors (Lipinski definition) is 2. The predicted octanol–water partition coefficient (Wildman–Crippen LogP) is 2.47. The van der Waals surface area contributed by atoms with Crippen LogP contribution in [0.15, 0.2) is 30.5 Å². The van der Waals surface area contributed by atoms with Crippen molar-refractivity contribution >= 4 is 28.8 Å². The molecule has 0 atom stereocenters. The second-order valence-electron chi connectivity index (χ2n) is 4.00. The lowest BCUT2D eigenvalue weighted by atomic mass is 10.1. The van der Waals surface area contributed by atoms with Gasteiger partial charge in [0.25, 0.3) is 0 Å². The molecule has 0 aliphatic rings. The van der Waals surface area contributed by atoms with E-state index in [1.807, 2.05) is 12.1 Å². The topological polar surface area (TPSA) is 63.8 Å². The van der Waals surface area contributed by atoms with Crippen LogP contribution in [-0.2, 0) is 0 Å². The van der Waals surface area contributed by atoms with Crippen molar-refractivity contribution in [3.05, 3.63) is 47.3 Å². The van der Waals surface area contributed by atoms with E-state index in [1.165, 1.54) is 11.1 Å². The number of rotatable bonds is 3. The number of benzene rings is 1. The second-order valence-corrected chi connectivity index (χ2v) is 4.44.